The number of quaternary nitrogens is 1. The van der Waals surface area contributed by atoms with E-state index >= 15 is 0 Å². The largest absolute Gasteiger partial charge is 0.272 e. The Bertz CT molecular complexity index is 780. The highest BCUT2D eigenvalue weighted by molar-refractivity contribution is 5.76. The van der Waals surface area contributed by atoms with E-state index in [0.29, 0.717) is 6.04 Å². The number of allylic oxidation sites excluding steroid dienone is 2. The molecule has 0 aliphatic carbocycles. The summed E-state index contributed by atoms with van der Waals surface area (Å²) < 4.78 is 0. The van der Waals surface area contributed by atoms with Gasteiger partial charge in [-0.2, -0.15) is 0 Å². The van der Waals surface area contributed by atoms with Crippen LogP contribution in [0.15, 0.2) is 73.1 Å². The first kappa shape index (κ1) is 12.4. The number of hydrogen-bond donors (Lipinski definition) is 1. The molecule has 2 aliphatic heterocycles. The van der Waals surface area contributed by atoms with Gasteiger partial charge in [-0.05, 0) is 41.8 Å². The van der Waals surface area contributed by atoms with Crippen molar-refractivity contribution < 1.29 is 4.90 Å². The van der Waals surface area contributed by atoms with E-state index in [-0.39, 0.29) is 0 Å². The van der Waals surface area contributed by atoms with Crippen LogP contribution in [0.3, 0.4) is 0 Å². The molecule has 0 radical (unpaired) electrons. The van der Waals surface area contributed by atoms with Gasteiger partial charge < -0.3 is 0 Å². The van der Waals surface area contributed by atoms with Crippen molar-refractivity contribution in [2.75, 3.05) is 0 Å². The monoisotopic (exact) mass is 272 g/mol. The second kappa shape index (κ2) is 4.87. The summed E-state index contributed by atoms with van der Waals surface area (Å²) in [6.07, 6.45) is 11.4. The molecule has 0 amide bonds. The van der Waals surface area contributed by atoms with Crippen molar-refractivity contribution in [2.24, 2.45) is 0 Å². The van der Waals surface area contributed by atoms with Crippen molar-refractivity contribution in [2.45, 2.75) is 13.0 Å². The summed E-state index contributed by atoms with van der Waals surface area (Å²) in [4.78, 5) is 1.38. The molecule has 0 spiro atoms. The predicted molar refractivity (Wildman–Crippen MR) is 87.5 cm³/mol. The number of benzene rings is 2. The molecule has 102 valence electrons. The molecule has 2 unspecified atom stereocenters. The number of rotatable bonds is 1. The molecule has 2 heterocycles. The first-order valence-corrected chi connectivity index (χ1v) is 7.43. The van der Waals surface area contributed by atoms with E-state index in [1.165, 1.54) is 32.7 Å². The highest BCUT2D eigenvalue weighted by atomic mass is 15.1. The zero-order valence-corrected chi connectivity index (χ0v) is 12.1. The van der Waals surface area contributed by atoms with Gasteiger partial charge >= 0.3 is 0 Å². The molecule has 0 fully saturated rings. The van der Waals surface area contributed by atoms with Crippen LogP contribution in [0.2, 0.25) is 0 Å². The lowest BCUT2D eigenvalue weighted by molar-refractivity contribution is -0.818. The van der Waals surface area contributed by atoms with Crippen LogP contribution in [-0.4, -0.2) is 0 Å². The van der Waals surface area contributed by atoms with E-state index in [2.05, 4.69) is 86.1 Å². The van der Waals surface area contributed by atoms with E-state index in [1.807, 2.05) is 0 Å². The minimum absolute atomic E-state index is 0.402. The molecule has 4 rings (SSSR count). The summed E-state index contributed by atoms with van der Waals surface area (Å²) in [5.41, 5.74) is 6.71. The molecule has 0 aromatic heterocycles. The molecule has 1 N–H and O–H groups in total. The Balaban J connectivity index is 1.75. The highest BCUT2D eigenvalue weighted by Gasteiger charge is 2.27. The fraction of sp³-hybridized carbons (Fsp3) is 0.100. The van der Waals surface area contributed by atoms with Crippen LogP contribution < -0.4 is 4.90 Å². The number of aryl methyl sites for hydroxylation is 1. The zero-order valence-electron chi connectivity index (χ0n) is 12.1. The quantitative estimate of drug-likeness (QED) is 0.810. The molecule has 0 saturated heterocycles. The molecular formula is C20H18N+. The maximum Gasteiger partial charge on any atom is 0.141 e. The molecule has 1 heteroatoms. The van der Waals surface area contributed by atoms with Crippen LogP contribution in [0, 0.1) is 6.92 Å². The Hall–Kier alpha value is -2.38. The van der Waals surface area contributed by atoms with Crippen LogP contribution in [0.5, 0.6) is 0 Å². The van der Waals surface area contributed by atoms with Gasteiger partial charge in [0.25, 0.3) is 0 Å². The van der Waals surface area contributed by atoms with E-state index < -0.39 is 0 Å². The van der Waals surface area contributed by atoms with Crippen molar-refractivity contribution >= 4 is 11.6 Å². The lowest BCUT2D eigenvalue weighted by atomic mass is 9.91. The molecule has 2 aromatic carbocycles. The van der Waals surface area contributed by atoms with Gasteiger partial charge in [-0.15, -0.1) is 0 Å². The minimum Gasteiger partial charge on any atom is -0.272 e. The maximum atomic E-state index is 2.33. The first-order chi connectivity index (χ1) is 10.3. The van der Waals surface area contributed by atoms with Crippen molar-refractivity contribution in [3.05, 3.63) is 95.3 Å². The van der Waals surface area contributed by atoms with Gasteiger partial charge in [0.05, 0.1) is 0 Å². The van der Waals surface area contributed by atoms with Crippen LogP contribution in [-0.2, 0) is 0 Å². The number of fused-ring (bicyclic) bond motifs is 3. The standard InChI is InChI=1S/C20H17N/c1-15-6-2-4-8-18(15)17-10-11-20-19-9-5-3-7-16(19)12-13-21(20)14-17/h2-14,20H,1H3/p+1. The second-order valence-corrected chi connectivity index (χ2v) is 5.71. The van der Waals surface area contributed by atoms with Gasteiger partial charge in [-0.25, -0.2) is 0 Å². The van der Waals surface area contributed by atoms with Crippen molar-refractivity contribution in [3.63, 3.8) is 0 Å². The lowest BCUT2D eigenvalue weighted by Crippen LogP contribution is -3.03. The van der Waals surface area contributed by atoms with Gasteiger partial charge in [0.15, 0.2) is 0 Å². The Kier molecular flexibility index (Phi) is 2.87. The van der Waals surface area contributed by atoms with Crippen LogP contribution in [0.4, 0.5) is 0 Å². The zero-order chi connectivity index (χ0) is 14.2. The predicted octanol–water partition coefficient (Wildman–Crippen LogP) is 3.52. The van der Waals surface area contributed by atoms with E-state index in [9.17, 15) is 0 Å². The second-order valence-electron chi connectivity index (χ2n) is 5.71. The topological polar surface area (TPSA) is 4.44 Å². The first-order valence-electron chi connectivity index (χ1n) is 7.43. The average Bonchev–Trinajstić information content (AvgIpc) is 2.54. The number of nitrogens with one attached hydrogen (secondary N) is 1. The smallest absolute Gasteiger partial charge is 0.141 e. The normalized spacial score (nSPS) is 22.4. The summed E-state index contributed by atoms with van der Waals surface area (Å²) in [5.74, 6) is 0. The van der Waals surface area contributed by atoms with Crippen LogP contribution in [0.25, 0.3) is 11.6 Å². The van der Waals surface area contributed by atoms with E-state index in [0.717, 1.165) is 0 Å². The fourth-order valence-electron chi connectivity index (χ4n) is 3.26. The van der Waals surface area contributed by atoms with Crippen molar-refractivity contribution in [3.8, 4) is 0 Å². The highest BCUT2D eigenvalue weighted by Crippen LogP contribution is 2.27. The fourth-order valence-corrected chi connectivity index (χ4v) is 3.26. The SMILES string of the molecule is Cc1ccccc1C1=C[NH+]2C=Cc3ccccc3C2C=C1. The van der Waals surface area contributed by atoms with E-state index in [4.69, 9.17) is 0 Å². The van der Waals surface area contributed by atoms with Gasteiger partial charge in [-0.1, -0.05) is 48.5 Å². The van der Waals surface area contributed by atoms with Crippen LogP contribution >= 0.6 is 0 Å². The maximum absolute atomic E-state index is 2.33. The molecular weight excluding hydrogens is 254 g/mol. The Morgan fingerprint density at radius 1 is 0.905 bits per heavy atom. The number of hydrogen-bond acceptors (Lipinski definition) is 0. The molecule has 1 nitrogen and oxygen atoms in total. The Morgan fingerprint density at radius 2 is 1.71 bits per heavy atom. The summed E-state index contributed by atoms with van der Waals surface area (Å²) in [6, 6.07) is 17.6. The van der Waals surface area contributed by atoms with Gasteiger partial charge in [0.1, 0.15) is 18.4 Å². The van der Waals surface area contributed by atoms with Gasteiger partial charge in [0.2, 0.25) is 0 Å². The van der Waals surface area contributed by atoms with E-state index in [1.54, 1.807) is 0 Å². The van der Waals surface area contributed by atoms with Crippen molar-refractivity contribution in [1.29, 1.82) is 0 Å². The van der Waals surface area contributed by atoms with Gasteiger partial charge in [0, 0.05) is 11.1 Å². The van der Waals surface area contributed by atoms with Gasteiger partial charge in [-0.3, -0.25) is 4.90 Å². The summed E-state index contributed by atoms with van der Waals surface area (Å²) >= 11 is 0. The summed E-state index contributed by atoms with van der Waals surface area (Å²) in [7, 11) is 0. The minimum atomic E-state index is 0.402. The Morgan fingerprint density at radius 3 is 2.62 bits per heavy atom. The third kappa shape index (κ3) is 2.07. The molecule has 2 atom stereocenters. The summed E-state index contributed by atoms with van der Waals surface area (Å²) in [6.45, 7) is 2.17. The third-order valence-electron chi connectivity index (χ3n) is 4.39. The van der Waals surface area contributed by atoms with Crippen LogP contribution in [0.1, 0.15) is 28.3 Å². The third-order valence-corrected chi connectivity index (χ3v) is 4.39. The molecule has 21 heavy (non-hydrogen) atoms. The molecule has 2 aliphatic rings. The summed E-state index contributed by atoms with van der Waals surface area (Å²) in [5, 5.41) is 0. The Labute approximate surface area is 125 Å². The average molecular weight is 272 g/mol. The molecule has 2 aromatic rings. The van der Waals surface area contributed by atoms with Crippen molar-refractivity contribution in [1.82, 2.24) is 0 Å². The molecule has 0 saturated carbocycles. The molecule has 0 bridgehead atoms. The lowest BCUT2D eigenvalue weighted by Gasteiger charge is -2.28.